The second kappa shape index (κ2) is 9.90. The summed E-state index contributed by atoms with van der Waals surface area (Å²) in [5.41, 5.74) is 0. The molecule has 0 aromatic heterocycles. The highest BCUT2D eigenvalue weighted by molar-refractivity contribution is 7.99. The van der Waals surface area contributed by atoms with E-state index in [1.54, 1.807) is 0 Å². The lowest BCUT2D eigenvalue weighted by atomic mass is 9.98. The van der Waals surface area contributed by atoms with Gasteiger partial charge in [0, 0.05) is 11.4 Å². The van der Waals surface area contributed by atoms with Crippen molar-refractivity contribution < 1.29 is 9.53 Å². The predicted octanol–water partition coefficient (Wildman–Crippen LogP) is 3.83. The molecule has 2 rings (SSSR count). The fourth-order valence-corrected chi connectivity index (χ4v) is 3.79. The van der Waals surface area contributed by atoms with Gasteiger partial charge in [0.05, 0.1) is 12.5 Å². The molecule has 0 unspecified atom stereocenters. The van der Waals surface area contributed by atoms with Crippen molar-refractivity contribution in [2.45, 2.75) is 37.5 Å². The van der Waals surface area contributed by atoms with Crippen LogP contribution < -0.4 is 0 Å². The smallest absolute Gasteiger partial charge is 0.310 e. The van der Waals surface area contributed by atoms with Crippen molar-refractivity contribution in [2.75, 3.05) is 32.0 Å². The normalized spacial score (nSPS) is 19.0. The van der Waals surface area contributed by atoms with Gasteiger partial charge >= 0.3 is 5.97 Å². The number of carbonyl (C=O) groups excluding carboxylic acids is 1. The van der Waals surface area contributed by atoms with Crippen molar-refractivity contribution in [3.63, 3.8) is 0 Å². The number of esters is 1. The number of hydrogen-bond donors (Lipinski definition) is 0. The highest BCUT2D eigenvalue weighted by Gasteiger charge is 2.26. The molecular formula is C18H27NO2S. The number of rotatable bonds is 8. The lowest BCUT2D eigenvalue weighted by Crippen LogP contribution is -2.39. The van der Waals surface area contributed by atoms with Crippen LogP contribution in [0.15, 0.2) is 35.2 Å². The quantitative estimate of drug-likeness (QED) is 0.413. The van der Waals surface area contributed by atoms with E-state index in [0.29, 0.717) is 6.61 Å². The molecule has 1 fully saturated rings. The first kappa shape index (κ1) is 17.4. The second-order valence-electron chi connectivity index (χ2n) is 5.76. The molecule has 0 spiro atoms. The molecule has 3 nitrogen and oxygen atoms in total. The van der Waals surface area contributed by atoms with Gasteiger partial charge in [-0.3, -0.25) is 4.79 Å². The Morgan fingerprint density at radius 3 is 2.91 bits per heavy atom. The molecule has 122 valence electrons. The molecule has 1 heterocycles. The van der Waals surface area contributed by atoms with Crippen molar-refractivity contribution in [1.82, 2.24) is 4.90 Å². The zero-order valence-corrected chi connectivity index (χ0v) is 14.3. The summed E-state index contributed by atoms with van der Waals surface area (Å²) in [5.74, 6) is 1.25. The third-order valence-electron chi connectivity index (χ3n) is 4.01. The molecule has 0 N–H and O–H groups in total. The Morgan fingerprint density at radius 2 is 2.14 bits per heavy atom. The van der Waals surface area contributed by atoms with Crippen LogP contribution in [0.2, 0.25) is 0 Å². The number of benzene rings is 1. The summed E-state index contributed by atoms with van der Waals surface area (Å²) in [5, 5.41) is 0. The third kappa shape index (κ3) is 6.01. The molecule has 0 radical (unpaired) electrons. The first-order valence-corrected chi connectivity index (χ1v) is 9.35. The van der Waals surface area contributed by atoms with Gasteiger partial charge in [-0.15, -0.1) is 11.8 Å². The number of carbonyl (C=O) groups is 1. The van der Waals surface area contributed by atoms with Crippen molar-refractivity contribution in [1.29, 1.82) is 0 Å². The molecule has 1 aliphatic rings. The van der Waals surface area contributed by atoms with E-state index in [2.05, 4.69) is 35.2 Å². The Bertz CT molecular complexity index is 438. The minimum Gasteiger partial charge on any atom is -0.466 e. The van der Waals surface area contributed by atoms with E-state index in [1.807, 2.05) is 18.7 Å². The van der Waals surface area contributed by atoms with Crippen molar-refractivity contribution in [3.05, 3.63) is 30.3 Å². The average molecular weight is 321 g/mol. The SMILES string of the molecule is CCOC(=O)[C@H]1CCCN(CCCCSc2ccccc2)C1. The molecular weight excluding hydrogens is 294 g/mol. The molecule has 1 saturated heterocycles. The number of nitrogens with zero attached hydrogens (tertiary/aromatic N) is 1. The fraction of sp³-hybridized carbons (Fsp3) is 0.611. The van der Waals surface area contributed by atoms with Gasteiger partial charge in [0.25, 0.3) is 0 Å². The van der Waals surface area contributed by atoms with Crippen LogP contribution in [-0.4, -0.2) is 42.9 Å². The molecule has 1 aromatic carbocycles. The summed E-state index contributed by atoms with van der Waals surface area (Å²) < 4.78 is 5.15. The van der Waals surface area contributed by atoms with Crippen LogP contribution >= 0.6 is 11.8 Å². The van der Waals surface area contributed by atoms with Crippen LogP contribution in [0.25, 0.3) is 0 Å². The topological polar surface area (TPSA) is 29.5 Å². The molecule has 1 atom stereocenters. The number of unbranched alkanes of at least 4 members (excludes halogenated alkanes) is 1. The zero-order valence-electron chi connectivity index (χ0n) is 13.5. The van der Waals surface area contributed by atoms with E-state index >= 15 is 0 Å². The summed E-state index contributed by atoms with van der Waals surface area (Å²) >= 11 is 1.93. The average Bonchev–Trinajstić information content (AvgIpc) is 2.56. The number of hydrogen-bond acceptors (Lipinski definition) is 4. The summed E-state index contributed by atoms with van der Waals surface area (Å²) in [7, 11) is 0. The Morgan fingerprint density at radius 1 is 1.32 bits per heavy atom. The molecule has 1 aromatic rings. The number of likely N-dealkylation sites (tertiary alicyclic amines) is 1. The van der Waals surface area contributed by atoms with Crippen LogP contribution in [0.1, 0.15) is 32.6 Å². The van der Waals surface area contributed by atoms with Gasteiger partial charge in [0.1, 0.15) is 0 Å². The van der Waals surface area contributed by atoms with Crippen LogP contribution in [0.5, 0.6) is 0 Å². The number of piperidine rings is 1. The Hall–Kier alpha value is -1.00. The maximum absolute atomic E-state index is 11.8. The lowest BCUT2D eigenvalue weighted by molar-refractivity contribution is -0.149. The van der Waals surface area contributed by atoms with Gasteiger partial charge in [0.2, 0.25) is 0 Å². The molecule has 0 saturated carbocycles. The maximum atomic E-state index is 11.8. The van der Waals surface area contributed by atoms with E-state index in [1.165, 1.54) is 23.5 Å². The van der Waals surface area contributed by atoms with Gasteiger partial charge in [0.15, 0.2) is 0 Å². The Labute approximate surface area is 138 Å². The third-order valence-corrected chi connectivity index (χ3v) is 5.10. The van der Waals surface area contributed by atoms with Crippen molar-refractivity contribution in [2.24, 2.45) is 5.92 Å². The van der Waals surface area contributed by atoms with Crippen molar-refractivity contribution >= 4 is 17.7 Å². The van der Waals surface area contributed by atoms with Crippen LogP contribution in [0.4, 0.5) is 0 Å². The first-order valence-electron chi connectivity index (χ1n) is 8.36. The van der Waals surface area contributed by atoms with Crippen molar-refractivity contribution in [3.8, 4) is 0 Å². The van der Waals surface area contributed by atoms with E-state index in [4.69, 9.17) is 4.74 Å². The minimum atomic E-state index is -0.00756. The van der Waals surface area contributed by atoms with E-state index in [-0.39, 0.29) is 11.9 Å². The summed E-state index contributed by atoms with van der Waals surface area (Å²) in [6.45, 7) is 5.48. The van der Waals surface area contributed by atoms with Gasteiger partial charge < -0.3 is 9.64 Å². The highest BCUT2D eigenvalue weighted by Crippen LogP contribution is 2.20. The predicted molar refractivity (Wildman–Crippen MR) is 92.2 cm³/mol. The highest BCUT2D eigenvalue weighted by atomic mass is 32.2. The molecule has 1 aliphatic heterocycles. The minimum absolute atomic E-state index is 0.00756. The summed E-state index contributed by atoms with van der Waals surface area (Å²) in [6.07, 6.45) is 4.52. The summed E-state index contributed by atoms with van der Waals surface area (Å²) in [4.78, 5) is 15.6. The zero-order chi connectivity index (χ0) is 15.6. The molecule has 22 heavy (non-hydrogen) atoms. The van der Waals surface area contributed by atoms with Gasteiger partial charge in [-0.05, 0) is 63.6 Å². The van der Waals surface area contributed by atoms with Crippen LogP contribution in [0.3, 0.4) is 0 Å². The van der Waals surface area contributed by atoms with Gasteiger partial charge in [-0.2, -0.15) is 0 Å². The van der Waals surface area contributed by atoms with Crippen LogP contribution in [0, 0.1) is 5.92 Å². The monoisotopic (exact) mass is 321 g/mol. The fourth-order valence-electron chi connectivity index (χ4n) is 2.86. The van der Waals surface area contributed by atoms with E-state index in [9.17, 15) is 4.79 Å². The molecule has 0 aliphatic carbocycles. The molecule has 4 heteroatoms. The summed E-state index contributed by atoms with van der Waals surface area (Å²) in [6, 6.07) is 10.6. The maximum Gasteiger partial charge on any atom is 0.310 e. The lowest BCUT2D eigenvalue weighted by Gasteiger charge is -2.31. The Balaban J connectivity index is 1.59. The van der Waals surface area contributed by atoms with E-state index in [0.717, 1.165) is 32.5 Å². The number of ether oxygens (including phenoxy) is 1. The molecule has 0 amide bonds. The number of thioether (sulfide) groups is 1. The molecule has 0 bridgehead atoms. The van der Waals surface area contributed by atoms with Crippen LogP contribution in [-0.2, 0) is 9.53 Å². The second-order valence-corrected chi connectivity index (χ2v) is 6.93. The standard InChI is InChI=1S/C18H27NO2S/c1-2-21-18(20)16-9-8-13-19(15-16)12-6-7-14-22-17-10-4-3-5-11-17/h3-5,10-11,16H,2,6-9,12-15H2,1H3/t16-/m0/s1. The first-order chi connectivity index (χ1) is 10.8. The van der Waals surface area contributed by atoms with Gasteiger partial charge in [-0.25, -0.2) is 0 Å². The Kier molecular flexibility index (Phi) is 7.81. The largest absolute Gasteiger partial charge is 0.466 e. The van der Waals surface area contributed by atoms with E-state index < -0.39 is 0 Å². The van der Waals surface area contributed by atoms with Gasteiger partial charge in [-0.1, -0.05) is 18.2 Å².